The first kappa shape index (κ1) is 8.01. The molecule has 0 aromatic carbocycles. The molecule has 0 radical (unpaired) electrons. The lowest BCUT2D eigenvalue weighted by Crippen LogP contribution is -1.59. The van der Waals surface area contributed by atoms with Gasteiger partial charge in [-0.1, -0.05) is 22.6 Å². The summed E-state index contributed by atoms with van der Waals surface area (Å²) in [6.45, 7) is 2.03. The van der Waals surface area contributed by atoms with Gasteiger partial charge in [0, 0.05) is 11.9 Å². The third-order valence-electron chi connectivity index (χ3n) is 0.753. The SMILES string of the molecule is CI.Cc1ccc[nH]1. The Hall–Kier alpha value is 0.01000. The predicted molar refractivity (Wildman–Crippen MR) is 45.5 cm³/mol. The second-order valence-corrected chi connectivity index (χ2v) is 1.35. The highest BCUT2D eigenvalue weighted by Crippen LogP contribution is 1.86. The first-order chi connectivity index (χ1) is 3.89. The number of hydrogen-bond acceptors (Lipinski definition) is 0. The zero-order valence-corrected chi connectivity index (χ0v) is 7.27. The molecule has 0 aliphatic carbocycles. The largest absolute Gasteiger partial charge is 0.365 e. The Morgan fingerprint density at radius 2 is 2.12 bits per heavy atom. The van der Waals surface area contributed by atoms with E-state index in [9.17, 15) is 0 Å². The number of hydrogen-bond donors (Lipinski definition) is 1. The summed E-state index contributed by atoms with van der Waals surface area (Å²) in [7, 11) is 0. The molecule has 1 heterocycles. The zero-order chi connectivity index (χ0) is 6.41. The van der Waals surface area contributed by atoms with Gasteiger partial charge in [-0.2, -0.15) is 0 Å². The molecule has 0 aliphatic rings. The molecule has 1 nitrogen and oxygen atoms in total. The third kappa shape index (κ3) is 3.07. The molecule has 0 spiro atoms. The number of H-pyrrole nitrogens is 1. The van der Waals surface area contributed by atoms with Crippen molar-refractivity contribution < 1.29 is 0 Å². The Bertz CT molecular complexity index is 112. The molecule has 46 valence electrons. The van der Waals surface area contributed by atoms with Crippen LogP contribution in [0.2, 0.25) is 0 Å². The van der Waals surface area contributed by atoms with Gasteiger partial charge in [-0.05, 0) is 24.0 Å². The lowest BCUT2D eigenvalue weighted by molar-refractivity contribution is 1.27. The van der Waals surface area contributed by atoms with Gasteiger partial charge in [0.25, 0.3) is 0 Å². The molecule has 1 aromatic rings. The van der Waals surface area contributed by atoms with Gasteiger partial charge in [-0.3, -0.25) is 0 Å². The molecule has 0 saturated carbocycles. The van der Waals surface area contributed by atoms with E-state index >= 15 is 0 Å². The van der Waals surface area contributed by atoms with Gasteiger partial charge < -0.3 is 4.98 Å². The summed E-state index contributed by atoms with van der Waals surface area (Å²) in [5.74, 6) is 0. The van der Waals surface area contributed by atoms with E-state index in [-0.39, 0.29) is 0 Å². The zero-order valence-electron chi connectivity index (χ0n) is 5.11. The van der Waals surface area contributed by atoms with Crippen LogP contribution < -0.4 is 0 Å². The van der Waals surface area contributed by atoms with E-state index in [1.54, 1.807) is 0 Å². The van der Waals surface area contributed by atoms with Crippen LogP contribution in [0.4, 0.5) is 0 Å². The fourth-order valence-corrected chi connectivity index (χ4v) is 0.420. The van der Waals surface area contributed by atoms with Crippen molar-refractivity contribution in [3.8, 4) is 0 Å². The number of rotatable bonds is 0. The Morgan fingerprint density at radius 1 is 1.50 bits per heavy atom. The minimum atomic E-state index is 1.22. The Kier molecular flexibility index (Phi) is 5.16. The Balaban J connectivity index is 0.000000222. The Morgan fingerprint density at radius 3 is 2.25 bits per heavy atom. The molecule has 1 rings (SSSR count). The minimum Gasteiger partial charge on any atom is -0.365 e. The van der Waals surface area contributed by atoms with E-state index in [1.165, 1.54) is 5.69 Å². The van der Waals surface area contributed by atoms with Crippen molar-refractivity contribution in [1.29, 1.82) is 0 Å². The van der Waals surface area contributed by atoms with Crippen molar-refractivity contribution in [1.82, 2.24) is 4.98 Å². The first-order valence-corrected chi connectivity index (χ1v) is 4.53. The van der Waals surface area contributed by atoms with E-state index in [1.807, 2.05) is 30.2 Å². The molecule has 2 heteroatoms. The minimum absolute atomic E-state index is 1.22. The standard InChI is InChI=1S/C5H7N.CH3I/c1-5-3-2-4-6-5;1-2/h2-4,6H,1H3;1H3. The van der Waals surface area contributed by atoms with Crippen LogP contribution in [0, 0.1) is 6.92 Å². The highest BCUT2D eigenvalue weighted by atomic mass is 127. The fraction of sp³-hybridized carbons (Fsp3) is 0.333. The smallest absolute Gasteiger partial charge is 0.0115 e. The molecule has 0 unspecified atom stereocenters. The monoisotopic (exact) mass is 223 g/mol. The van der Waals surface area contributed by atoms with Gasteiger partial charge in [0.1, 0.15) is 0 Å². The van der Waals surface area contributed by atoms with Crippen LogP contribution >= 0.6 is 22.6 Å². The van der Waals surface area contributed by atoms with Crippen molar-refractivity contribution >= 4 is 22.6 Å². The molecule has 0 bridgehead atoms. The maximum atomic E-state index is 3.00. The van der Waals surface area contributed by atoms with Crippen molar-refractivity contribution in [3.05, 3.63) is 24.0 Å². The Labute approximate surface area is 63.6 Å². The highest BCUT2D eigenvalue weighted by Gasteiger charge is 1.72. The van der Waals surface area contributed by atoms with Crippen molar-refractivity contribution in [2.75, 3.05) is 4.93 Å². The van der Waals surface area contributed by atoms with Crippen LogP contribution in [0.25, 0.3) is 0 Å². The topological polar surface area (TPSA) is 15.8 Å². The number of nitrogens with one attached hydrogen (secondary N) is 1. The molecular weight excluding hydrogens is 213 g/mol. The molecule has 0 fully saturated rings. The van der Waals surface area contributed by atoms with Crippen LogP contribution in [0.15, 0.2) is 18.3 Å². The van der Waals surface area contributed by atoms with Gasteiger partial charge >= 0.3 is 0 Å². The maximum absolute atomic E-state index is 3.00. The van der Waals surface area contributed by atoms with Gasteiger partial charge in [0.05, 0.1) is 0 Å². The maximum Gasteiger partial charge on any atom is 0.0115 e. The summed E-state index contributed by atoms with van der Waals surface area (Å²) in [4.78, 5) is 4.97. The summed E-state index contributed by atoms with van der Waals surface area (Å²) in [5, 5.41) is 0. The molecule has 8 heavy (non-hydrogen) atoms. The number of aromatic amines is 1. The van der Waals surface area contributed by atoms with Gasteiger partial charge in [0.15, 0.2) is 0 Å². The number of alkyl halides is 1. The van der Waals surface area contributed by atoms with Gasteiger partial charge in [-0.15, -0.1) is 0 Å². The van der Waals surface area contributed by atoms with Crippen LogP contribution in [0.3, 0.4) is 0 Å². The van der Waals surface area contributed by atoms with Crippen LogP contribution in [-0.2, 0) is 0 Å². The lowest BCUT2D eigenvalue weighted by Gasteiger charge is -1.70. The molecule has 0 amide bonds. The molecule has 0 saturated heterocycles. The number of halogens is 1. The predicted octanol–water partition coefficient (Wildman–Crippen LogP) is 2.37. The van der Waals surface area contributed by atoms with Gasteiger partial charge in [0.2, 0.25) is 0 Å². The van der Waals surface area contributed by atoms with E-state index < -0.39 is 0 Å². The second kappa shape index (κ2) is 5.15. The normalized spacial score (nSPS) is 7.38. The quantitative estimate of drug-likeness (QED) is 0.513. The van der Waals surface area contributed by atoms with Crippen LogP contribution in [0.1, 0.15) is 5.69 Å². The van der Waals surface area contributed by atoms with E-state index in [0.29, 0.717) is 0 Å². The molecule has 1 N–H and O–H groups in total. The van der Waals surface area contributed by atoms with E-state index in [0.717, 1.165) is 0 Å². The first-order valence-electron chi connectivity index (χ1n) is 2.37. The summed E-state index contributed by atoms with van der Waals surface area (Å²) in [6, 6.07) is 4.01. The van der Waals surface area contributed by atoms with Crippen molar-refractivity contribution in [2.24, 2.45) is 0 Å². The molecular formula is C6H10IN. The summed E-state index contributed by atoms with van der Waals surface area (Å²) < 4.78 is 0. The summed E-state index contributed by atoms with van der Waals surface area (Å²) in [5.41, 5.74) is 1.22. The van der Waals surface area contributed by atoms with Crippen molar-refractivity contribution in [3.63, 3.8) is 0 Å². The van der Waals surface area contributed by atoms with Gasteiger partial charge in [-0.25, -0.2) is 0 Å². The fourth-order valence-electron chi connectivity index (χ4n) is 0.420. The third-order valence-corrected chi connectivity index (χ3v) is 0.753. The number of aryl methyl sites for hydroxylation is 1. The molecule has 0 atom stereocenters. The number of aromatic nitrogens is 1. The summed E-state index contributed by atoms with van der Waals surface area (Å²) >= 11 is 2.15. The average molecular weight is 223 g/mol. The molecule has 1 aromatic heterocycles. The lowest BCUT2D eigenvalue weighted by atomic mass is 10.5. The molecule has 0 aliphatic heterocycles. The van der Waals surface area contributed by atoms with Crippen molar-refractivity contribution in [2.45, 2.75) is 6.92 Å². The van der Waals surface area contributed by atoms with Crippen LogP contribution in [-0.4, -0.2) is 9.91 Å². The summed E-state index contributed by atoms with van der Waals surface area (Å²) in [6.07, 6.45) is 1.91. The van der Waals surface area contributed by atoms with E-state index in [4.69, 9.17) is 0 Å². The average Bonchev–Trinajstić information content (AvgIpc) is 2.24. The van der Waals surface area contributed by atoms with Crippen LogP contribution in [0.5, 0.6) is 0 Å². The second-order valence-electron chi connectivity index (χ2n) is 1.35. The van der Waals surface area contributed by atoms with E-state index in [2.05, 4.69) is 27.6 Å². The highest BCUT2D eigenvalue weighted by molar-refractivity contribution is 14.1.